The minimum atomic E-state index is -1.22. The number of hydrogen-bond donors (Lipinski definition) is 3. The number of ketones is 2. The van der Waals surface area contributed by atoms with Gasteiger partial charge >= 0.3 is 5.97 Å². The van der Waals surface area contributed by atoms with Crippen LogP contribution in [0.15, 0.2) is 35.5 Å². The monoisotopic (exact) mass is 382 g/mol. The van der Waals surface area contributed by atoms with Gasteiger partial charge in [0.1, 0.15) is 6.10 Å². The van der Waals surface area contributed by atoms with E-state index in [1.165, 1.54) is 6.08 Å². The van der Waals surface area contributed by atoms with Gasteiger partial charge in [0.25, 0.3) is 0 Å². The van der Waals surface area contributed by atoms with Crippen molar-refractivity contribution in [3.8, 4) is 0 Å². The molecule has 0 aromatic heterocycles. The first-order chi connectivity index (χ1) is 12.7. The zero-order chi connectivity index (χ0) is 21.4. The Morgan fingerprint density at radius 3 is 1.89 bits per heavy atom. The van der Waals surface area contributed by atoms with Crippen molar-refractivity contribution in [3.63, 3.8) is 0 Å². The third-order valence-corrected chi connectivity index (χ3v) is 3.87. The molecular weight excluding hydrogens is 348 g/mol. The van der Waals surface area contributed by atoms with Gasteiger partial charge in [0.15, 0.2) is 11.6 Å². The van der Waals surface area contributed by atoms with Crippen LogP contribution in [0.3, 0.4) is 0 Å². The summed E-state index contributed by atoms with van der Waals surface area (Å²) in [5, 5.41) is 27.1. The molecule has 3 N–H and O–H groups in total. The average Bonchev–Trinajstić information content (AvgIpc) is 2.65. The van der Waals surface area contributed by atoms with Gasteiger partial charge in [-0.1, -0.05) is 45.4 Å². The van der Waals surface area contributed by atoms with E-state index in [-0.39, 0.29) is 24.4 Å². The zero-order valence-electron chi connectivity index (χ0n) is 17.1. The van der Waals surface area contributed by atoms with Gasteiger partial charge in [-0.25, -0.2) is 4.79 Å². The molecule has 154 valence electrons. The lowest BCUT2D eigenvalue weighted by Crippen LogP contribution is -2.24. The summed E-state index contributed by atoms with van der Waals surface area (Å²) in [4.78, 5) is 33.0. The third kappa shape index (κ3) is 13.8. The fourth-order valence-electron chi connectivity index (χ4n) is 2.01. The molecule has 0 heterocycles. The van der Waals surface area contributed by atoms with E-state index < -0.39 is 18.2 Å². The maximum atomic E-state index is 11.8. The average molecular weight is 382 g/mol. The number of carbonyl (C=O) groups excluding carboxylic acids is 2. The molecule has 27 heavy (non-hydrogen) atoms. The highest BCUT2D eigenvalue weighted by Crippen LogP contribution is 2.11. The van der Waals surface area contributed by atoms with E-state index in [1.54, 1.807) is 19.9 Å². The van der Waals surface area contributed by atoms with Crippen LogP contribution in [0.2, 0.25) is 0 Å². The number of aliphatic hydroxyl groups is 2. The Balaban J connectivity index is 0. The molecule has 2 unspecified atom stereocenters. The smallest absolute Gasteiger partial charge is 0.328 e. The lowest BCUT2D eigenvalue weighted by Gasteiger charge is -2.10. The van der Waals surface area contributed by atoms with Crippen molar-refractivity contribution in [1.82, 2.24) is 0 Å². The molecule has 0 saturated heterocycles. The summed E-state index contributed by atoms with van der Waals surface area (Å²) in [5.74, 6) is -1.49. The second-order valence-electron chi connectivity index (χ2n) is 5.87. The normalized spacial score (nSPS) is 14.3. The van der Waals surface area contributed by atoms with Crippen LogP contribution in [-0.4, -0.2) is 45.1 Å². The van der Waals surface area contributed by atoms with Crippen molar-refractivity contribution in [2.45, 2.75) is 78.9 Å². The van der Waals surface area contributed by atoms with Crippen LogP contribution in [0.1, 0.15) is 66.7 Å². The number of Topliss-reactive ketones (excluding diaryl/α,β-unsaturated/α-hetero) is 2. The van der Waals surface area contributed by atoms with Crippen LogP contribution in [0.4, 0.5) is 0 Å². The van der Waals surface area contributed by atoms with Crippen molar-refractivity contribution < 1.29 is 29.7 Å². The van der Waals surface area contributed by atoms with Gasteiger partial charge in [0.05, 0.1) is 6.10 Å². The number of rotatable bonds is 11. The fourth-order valence-corrected chi connectivity index (χ4v) is 2.01. The maximum Gasteiger partial charge on any atom is 0.328 e. The number of aliphatic hydroxyl groups excluding tert-OH is 2. The lowest BCUT2D eigenvalue weighted by molar-refractivity contribution is -0.131. The zero-order valence-corrected chi connectivity index (χ0v) is 17.1. The molecule has 2 atom stereocenters. The third-order valence-electron chi connectivity index (χ3n) is 3.87. The molecule has 0 fully saturated rings. The number of carbonyl (C=O) groups is 3. The summed E-state index contributed by atoms with van der Waals surface area (Å²) >= 11 is 0. The summed E-state index contributed by atoms with van der Waals surface area (Å²) < 4.78 is 0. The van der Waals surface area contributed by atoms with E-state index >= 15 is 0 Å². The summed E-state index contributed by atoms with van der Waals surface area (Å²) in [6, 6.07) is 0. The molecule has 0 aromatic carbocycles. The molecule has 0 aromatic rings. The van der Waals surface area contributed by atoms with E-state index in [4.69, 9.17) is 5.11 Å². The Kier molecular flexibility index (Phi) is 16.3. The van der Waals surface area contributed by atoms with Gasteiger partial charge < -0.3 is 15.3 Å². The van der Waals surface area contributed by atoms with Gasteiger partial charge in [0.2, 0.25) is 0 Å². The van der Waals surface area contributed by atoms with Crippen LogP contribution in [0, 0.1) is 0 Å². The molecule has 0 saturated carbocycles. The standard InChI is InChI=1S/C13H22O4.C8H12O2/c1-4-9(7-10(14)5-2)12(16)8-13(17)11(15)6-3;1-3-7(4-2)5-6-8(9)10/h7,10,13-14,17H,4-6,8H2,1-3H3;3,5-6H,4H2,1-2H3,(H,9,10). The molecule has 0 amide bonds. The molecule has 0 aliphatic heterocycles. The van der Waals surface area contributed by atoms with E-state index in [0.29, 0.717) is 18.4 Å². The first-order valence-corrected chi connectivity index (χ1v) is 9.35. The van der Waals surface area contributed by atoms with Gasteiger partial charge in [-0.3, -0.25) is 9.59 Å². The number of carboxylic acids is 1. The van der Waals surface area contributed by atoms with Crippen LogP contribution in [0.25, 0.3) is 0 Å². The van der Waals surface area contributed by atoms with Crippen molar-refractivity contribution in [1.29, 1.82) is 0 Å². The van der Waals surface area contributed by atoms with Crippen molar-refractivity contribution >= 4 is 17.5 Å². The Bertz CT molecular complexity index is 557. The molecule has 6 nitrogen and oxygen atoms in total. The number of carboxylic acid groups (broad SMARTS) is 1. The molecule has 0 rings (SSSR count). The predicted molar refractivity (Wildman–Crippen MR) is 106 cm³/mol. The Labute approximate surface area is 162 Å². The Hall–Kier alpha value is -2.05. The van der Waals surface area contributed by atoms with Crippen molar-refractivity contribution in [2.24, 2.45) is 0 Å². The fraction of sp³-hybridized carbons (Fsp3) is 0.571. The largest absolute Gasteiger partial charge is 0.478 e. The summed E-state index contributed by atoms with van der Waals surface area (Å²) in [6.45, 7) is 9.15. The Morgan fingerprint density at radius 1 is 0.926 bits per heavy atom. The molecule has 0 aliphatic carbocycles. The topological polar surface area (TPSA) is 112 Å². The van der Waals surface area contributed by atoms with E-state index in [0.717, 1.165) is 18.1 Å². The van der Waals surface area contributed by atoms with Crippen LogP contribution in [0.5, 0.6) is 0 Å². The second-order valence-corrected chi connectivity index (χ2v) is 5.87. The van der Waals surface area contributed by atoms with Crippen LogP contribution in [-0.2, 0) is 14.4 Å². The molecule has 0 bridgehead atoms. The minimum absolute atomic E-state index is 0.192. The Morgan fingerprint density at radius 2 is 1.52 bits per heavy atom. The summed E-state index contributed by atoms with van der Waals surface area (Å²) in [5.41, 5.74) is 1.52. The molecule has 0 radical (unpaired) electrons. The number of hydrogen-bond acceptors (Lipinski definition) is 5. The predicted octanol–water partition coefficient (Wildman–Crippen LogP) is 3.38. The van der Waals surface area contributed by atoms with E-state index in [9.17, 15) is 24.6 Å². The quantitative estimate of drug-likeness (QED) is 0.373. The molecule has 0 aliphatic rings. The first kappa shape index (κ1) is 27.2. The molecule has 0 spiro atoms. The second kappa shape index (κ2) is 16.1. The SMILES string of the molecule is CC=C(C=CC(=O)O)CC.CCC(=O)C(O)CC(=O)C(=CC(O)CC)CC. The van der Waals surface area contributed by atoms with Crippen molar-refractivity contribution in [2.75, 3.05) is 0 Å². The maximum absolute atomic E-state index is 11.8. The highest BCUT2D eigenvalue weighted by Gasteiger charge is 2.19. The lowest BCUT2D eigenvalue weighted by atomic mass is 9.98. The van der Waals surface area contributed by atoms with Crippen LogP contribution >= 0.6 is 0 Å². The summed E-state index contributed by atoms with van der Waals surface area (Å²) in [7, 11) is 0. The van der Waals surface area contributed by atoms with E-state index in [2.05, 4.69) is 0 Å². The highest BCUT2D eigenvalue weighted by atomic mass is 16.4. The van der Waals surface area contributed by atoms with Gasteiger partial charge in [-0.05, 0) is 37.8 Å². The highest BCUT2D eigenvalue weighted by molar-refractivity contribution is 5.98. The molecule has 6 heteroatoms. The number of aliphatic carboxylic acids is 1. The van der Waals surface area contributed by atoms with E-state index in [1.807, 2.05) is 26.8 Å². The summed E-state index contributed by atoms with van der Waals surface area (Å²) in [6.07, 6.45) is 6.23. The van der Waals surface area contributed by atoms with Gasteiger partial charge in [-0.2, -0.15) is 0 Å². The van der Waals surface area contributed by atoms with Crippen molar-refractivity contribution in [3.05, 3.63) is 35.5 Å². The van der Waals surface area contributed by atoms with Gasteiger partial charge in [-0.15, -0.1) is 0 Å². The first-order valence-electron chi connectivity index (χ1n) is 9.35. The van der Waals surface area contributed by atoms with Gasteiger partial charge in [0, 0.05) is 18.9 Å². The number of allylic oxidation sites excluding steroid dienone is 4. The van der Waals surface area contributed by atoms with Crippen LogP contribution < -0.4 is 0 Å². The minimum Gasteiger partial charge on any atom is -0.478 e. The molecular formula is C21H34O6.